The van der Waals surface area contributed by atoms with Crippen LogP contribution in [0.25, 0.3) is 0 Å². The molecule has 1 rings (SSSR count). The van der Waals surface area contributed by atoms with Gasteiger partial charge < -0.3 is 4.57 Å². The molecule has 0 aliphatic heterocycles. The van der Waals surface area contributed by atoms with Gasteiger partial charge in [-0.05, 0) is 31.2 Å². The summed E-state index contributed by atoms with van der Waals surface area (Å²) in [6.45, 7) is 4.32. The summed E-state index contributed by atoms with van der Waals surface area (Å²) in [5.74, 6) is 0. The molecule has 0 saturated heterocycles. The highest BCUT2D eigenvalue weighted by molar-refractivity contribution is 7.98. The maximum atomic E-state index is 2.18. The molecule has 0 aliphatic carbocycles. The zero-order valence-electron chi connectivity index (χ0n) is 6.93. The Hall–Kier alpha value is -0.370. The van der Waals surface area contributed by atoms with E-state index in [2.05, 4.69) is 37.9 Å². The van der Waals surface area contributed by atoms with Crippen molar-refractivity contribution in [2.24, 2.45) is 7.05 Å². The predicted molar refractivity (Wildman–Crippen MR) is 46.7 cm³/mol. The normalized spacial score (nSPS) is 10.4. The van der Waals surface area contributed by atoms with Crippen LogP contribution in [-0.4, -0.2) is 10.8 Å². The van der Waals surface area contributed by atoms with E-state index in [1.54, 1.807) is 11.8 Å². The zero-order chi connectivity index (χ0) is 7.72. The molecule has 0 aliphatic rings. The number of aryl methyl sites for hydroxylation is 2. The fourth-order valence-electron chi connectivity index (χ4n) is 1.18. The summed E-state index contributed by atoms with van der Waals surface area (Å²) in [7, 11) is 2.09. The Morgan fingerprint density at radius 2 is 2.00 bits per heavy atom. The van der Waals surface area contributed by atoms with E-state index in [1.165, 1.54) is 16.2 Å². The van der Waals surface area contributed by atoms with E-state index in [1.807, 2.05) is 0 Å². The Morgan fingerprint density at radius 3 is 2.20 bits per heavy atom. The molecule has 0 N–H and O–H groups in total. The first-order valence-electron chi connectivity index (χ1n) is 3.33. The number of hydrogen-bond acceptors (Lipinski definition) is 1. The molecule has 0 radical (unpaired) electrons. The smallest absolute Gasteiger partial charge is 0.0775 e. The molecule has 56 valence electrons. The fourth-order valence-corrected chi connectivity index (χ4v) is 1.98. The lowest BCUT2D eigenvalue weighted by Crippen LogP contribution is -1.86. The Bertz CT molecular complexity index is 238. The molecule has 2 heteroatoms. The number of rotatable bonds is 1. The van der Waals surface area contributed by atoms with E-state index in [0.29, 0.717) is 0 Å². The highest BCUT2D eigenvalue weighted by atomic mass is 32.2. The lowest BCUT2D eigenvalue weighted by molar-refractivity contribution is 0.821. The van der Waals surface area contributed by atoms with Gasteiger partial charge in [0.1, 0.15) is 0 Å². The summed E-state index contributed by atoms with van der Waals surface area (Å²) in [5, 5.41) is 1.37. The standard InChI is InChI=1S/C8H13NS/c1-6-5-9(3)8(10-4)7(6)2/h5H,1-4H3. The Labute approximate surface area is 66.4 Å². The summed E-state index contributed by atoms with van der Waals surface area (Å²) in [6, 6.07) is 0. The van der Waals surface area contributed by atoms with E-state index in [0.717, 1.165) is 0 Å². The molecule has 0 aromatic carbocycles. The third-order valence-electron chi connectivity index (χ3n) is 1.81. The van der Waals surface area contributed by atoms with Gasteiger partial charge in [-0.1, -0.05) is 0 Å². The molecule has 1 aromatic rings. The first kappa shape index (κ1) is 7.73. The van der Waals surface area contributed by atoms with Gasteiger partial charge in [0.2, 0.25) is 0 Å². The van der Waals surface area contributed by atoms with Crippen LogP contribution in [0.4, 0.5) is 0 Å². The monoisotopic (exact) mass is 155 g/mol. The van der Waals surface area contributed by atoms with Crippen LogP contribution in [-0.2, 0) is 7.05 Å². The lowest BCUT2D eigenvalue weighted by atomic mass is 10.2. The largest absolute Gasteiger partial charge is 0.345 e. The molecule has 0 atom stereocenters. The highest BCUT2D eigenvalue weighted by Crippen LogP contribution is 2.22. The van der Waals surface area contributed by atoms with Gasteiger partial charge in [-0.3, -0.25) is 0 Å². The molecule has 0 fully saturated rings. The van der Waals surface area contributed by atoms with Crippen LogP contribution in [0.15, 0.2) is 11.2 Å². The zero-order valence-corrected chi connectivity index (χ0v) is 7.75. The van der Waals surface area contributed by atoms with Gasteiger partial charge in [0.25, 0.3) is 0 Å². The van der Waals surface area contributed by atoms with Gasteiger partial charge in [0, 0.05) is 13.2 Å². The molecule has 1 heterocycles. The van der Waals surface area contributed by atoms with Gasteiger partial charge in [0.05, 0.1) is 5.03 Å². The summed E-state index contributed by atoms with van der Waals surface area (Å²) < 4.78 is 2.18. The van der Waals surface area contributed by atoms with Crippen LogP contribution >= 0.6 is 11.8 Å². The maximum Gasteiger partial charge on any atom is 0.0775 e. The molecule has 0 amide bonds. The minimum atomic E-state index is 1.37. The molecule has 1 aromatic heterocycles. The second-order valence-corrected chi connectivity index (χ2v) is 3.35. The Balaban J connectivity index is 3.20. The third kappa shape index (κ3) is 1.08. The van der Waals surface area contributed by atoms with E-state index in [4.69, 9.17) is 0 Å². The first-order chi connectivity index (χ1) is 4.66. The van der Waals surface area contributed by atoms with Crippen molar-refractivity contribution >= 4 is 11.8 Å². The van der Waals surface area contributed by atoms with Crippen LogP contribution < -0.4 is 0 Å². The topological polar surface area (TPSA) is 4.93 Å². The van der Waals surface area contributed by atoms with Crippen molar-refractivity contribution < 1.29 is 0 Å². The fraction of sp³-hybridized carbons (Fsp3) is 0.500. The quantitative estimate of drug-likeness (QED) is 0.564. The van der Waals surface area contributed by atoms with E-state index in [-0.39, 0.29) is 0 Å². The second kappa shape index (κ2) is 2.70. The van der Waals surface area contributed by atoms with E-state index < -0.39 is 0 Å². The van der Waals surface area contributed by atoms with Crippen LogP contribution in [0.2, 0.25) is 0 Å². The van der Waals surface area contributed by atoms with Crippen molar-refractivity contribution in [2.45, 2.75) is 18.9 Å². The summed E-state index contributed by atoms with van der Waals surface area (Å²) >= 11 is 1.81. The minimum Gasteiger partial charge on any atom is -0.345 e. The molecule has 0 bridgehead atoms. The summed E-state index contributed by atoms with van der Waals surface area (Å²) in [4.78, 5) is 0. The van der Waals surface area contributed by atoms with Crippen molar-refractivity contribution in [1.82, 2.24) is 4.57 Å². The van der Waals surface area contributed by atoms with Crippen LogP contribution in [0.5, 0.6) is 0 Å². The Kier molecular flexibility index (Phi) is 2.09. The molecule has 0 spiro atoms. The van der Waals surface area contributed by atoms with Crippen LogP contribution in [0.3, 0.4) is 0 Å². The van der Waals surface area contributed by atoms with Crippen LogP contribution in [0, 0.1) is 13.8 Å². The molecule has 1 nitrogen and oxygen atoms in total. The first-order valence-corrected chi connectivity index (χ1v) is 4.55. The van der Waals surface area contributed by atoms with E-state index in [9.17, 15) is 0 Å². The summed E-state index contributed by atoms with van der Waals surface area (Å²) in [5.41, 5.74) is 2.79. The van der Waals surface area contributed by atoms with Gasteiger partial charge in [0.15, 0.2) is 0 Å². The van der Waals surface area contributed by atoms with E-state index >= 15 is 0 Å². The molecular weight excluding hydrogens is 142 g/mol. The Morgan fingerprint density at radius 1 is 1.40 bits per heavy atom. The van der Waals surface area contributed by atoms with Crippen molar-refractivity contribution in [2.75, 3.05) is 6.26 Å². The maximum absolute atomic E-state index is 2.18. The number of nitrogens with zero attached hydrogens (tertiary/aromatic N) is 1. The van der Waals surface area contributed by atoms with Crippen molar-refractivity contribution in [3.63, 3.8) is 0 Å². The van der Waals surface area contributed by atoms with Gasteiger partial charge in [-0.25, -0.2) is 0 Å². The average molecular weight is 155 g/mol. The highest BCUT2D eigenvalue weighted by Gasteiger charge is 2.03. The minimum absolute atomic E-state index is 1.37. The SMILES string of the molecule is CSc1c(C)c(C)cn1C. The number of aromatic nitrogens is 1. The number of thioether (sulfide) groups is 1. The second-order valence-electron chi connectivity index (χ2n) is 2.56. The van der Waals surface area contributed by atoms with Gasteiger partial charge >= 0.3 is 0 Å². The summed E-state index contributed by atoms with van der Waals surface area (Å²) in [6.07, 6.45) is 4.28. The predicted octanol–water partition coefficient (Wildman–Crippen LogP) is 2.36. The molecule has 10 heavy (non-hydrogen) atoms. The van der Waals surface area contributed by atoms with Crippen molar-refractivity contribution in [3.05, 3.63) is 17.3 Å². The van der Waals surface area contributed by atoms with Crippen LogP contribution in [0.1, 0.15) is 11.1 Å². The average Bonchev–Trinajstić information content (AvgIpc) is 2.09. The molecule has 0 saturated carbocycles. The van der Waals surface area contributed by atoms with Gasteiger partial charge in [-0.15, -0.1) is 11.8 Å². The van der Waals surface area contributed by atoms with Crippen molar-refractivity contribution in [3.8, 4) is 0 Å². The van der Waals surface area contributed by atoms with Gasteiger partial charge in [-0.2, -0.15) is 0 Å². The lowest BCUT2D eigenvalue weighted by Gasteiger charge is -1.98. The third-order valence-corrected chi connectivity index (χ3v) is 2.79. The molecular formula is C8H13NS. The number of hydrogen-bond donors (Lipinski definition) is 0. The molecule has 0 unspecified atom stereocenters. The van der Waals surface area contributed by atoms with Crippen molar-refractivity contribution in [1.29, 1.82) is 0 Å².